The largest absolute Gasteiger partial charge is 0.748 e. The smallest absolute Gasteiger partial charge is 0.333 e. The van der Waals surface area contributed by atoms with Crippen molar-refractivity contribution in [3.63, 3.8) is 0 Å². The highest BCUT2D eigenvalue weighted by Crippen LogP contribution is 2.52. The number of hydrogen-bond donors (Lipinski definition) is 0. The van der Waals surface area contributed by atoms with Crippen LogP contribution in [0.5, 0.6) is 0 Å². The average molecular weight is 1020 g/mol. The van der Waals surface area contributed by atoms with Crippen LogP contribution in [0.25, 0.3) is 0 Å². The van der Waals surface area contributed by atoms with Crippen LogP contribution in [0, 0.1) is 0 Å². The van der Waals surface area contributed by atoms with E-state index < -0.39 is 74.5 Å². The molecular formula is C46H61N3O17S3-2. The Kier molecular flexibility index (Phi) is 19.0. The minimum Gasteiger partial charge on any atom is -0.748 e. The van der Waals surface area contributed by atoms with Crippen LogP contribution in [0.4, 0.5) is 11.4 Å². The van der Waals surface area contributed by atoms with E-state index in [9.17, 15) is 53.3 Å². The van der Waals surface area contributed by atoms with Crippen molar-refractivity contribution in [2.24, 2.45) is 0 Å². The Morgan fingerprint density at radius 1 is 0.754 bits per heavy atom. The summed E-state index contributed by atoms with van der Waals surface area (Å²) in [6, 6.07) is 8.24. The third kappa shape index (κ3) is 14.1. The summed E-state index contributed by atoms with van der Waals surface area (Å²) in [5, 5.41) is 0.501. The molecule has 2 aromatic carbocycles. The number of carbonyl (C=O) groups is 3. The summed E-state index contributed by atoms with van der Waals surface area (Å²) in [6.07, 6.45) is 5.32. The molecule has 5 rings (SSSR count). The number of likely N-dealkylation sites (N-methyl/N-ethyl adjacent to an activating group) is 1. The Hall–Kier alpha value is -4.43. The molecule has 0 spiro atoms. The standard InChI is InChI=1S/C46H63N3O17S3/c1-6-47-38-14-12-34(68(56,57)58)31-36(38)45(3,18-10-28-67(53,54)55)40(47)29-33(2)30-41-46(4,19-21-63-24-25-65-27-26-64-23-22-62-5)37-32-35(69(59,60)61)13-15-39(37)48(41)20-9-7-8-11-44(52)66-49-42(50)16-17-43(49)51/h12-15,29-32H,6-11,16-28H2,1-5H3,(H2-,53,54,55,56,57,58,59,60,61)/p-2. The summed E-state index contributed by atoms with van der Waals surface area (Å²) >= 11 is 0. The molecule has 2 aromatic rings. The van der Waals surface area contributed by atoms with Gasteiger partial charge < -0.3 is 42.3 Å². The zero-order valence-corrected chi connectivity index (χ0v) is 42.0. The van der Waals surface area contributed by atoms with E-state index >= 15 is 0 Å². The lowest BCUT2D eigenvalue weighted by molar-refractivity contribution is -0.438. The van der Waals surface area contributed by atoms with E-state index in [-0.39, 0.29) is 51.9 Å². The number of benzene rings is 2. The Balaban J connectivity index is 1.53. The summed E-state index contributed by atoms with van der Waals surface area (Å²) in [5.74, 6) is -2.57. The number of methoxy groups -OCH3 is 1. The van der Waals surface area contributed by atoms with Crippen LogP contribution < -0.4 is 4.90 Å². The lowest BCUT2D eigenvalue weighted by atomic mass is 9.75. The van der Waals surface area contributed by atoms with Crippen molar-refractivity contribution in [1.82, 2.24) is 5.06 Å². The van der Waals surface area contributed by atoms with Crippen LogP contribution in [0.1, 0.15) is 96.6 Å². The fraction of sp³-hybridized carbons (Fsp3) is 0.565. The zero-order chi connectivity index (χ0) is 50.8. The van der Waals surface area contributed by atoms with Gasteiger partial charge in [0.1, 0.15) is 26.8 Å². The second kappa shape index (κ2) is 23.7. The van der Waals surface area contributed by atoms with Crippen LogP contribution in [0.3, 0.4) is 0 Å². The van der Waals surface area contributed by atoms with E-state index in [0.717, 1.165) is 0 Å². The number of fused-ring (bicyclic) bond motifs is 2. The summed E-state index contributed by atoms with van der Waals surface area (Å²) in [6.45, 7) is 10.4. The minimum atomic E-state index is -4.90. The lowest BCUT2D eigenvalue weighted by Gasteiger charge is -2.31. The van der Waals surface area contributed by atoms with Crippen LogP contribution in [0.2, 0.25) is 0 Å². The molecule has 3 heterocycles. The molecule has 0 bridgehead atoms. The van der Waals surface area contributed by atoms with Gasteiger partial charge in [0.15, 0.2) is 5.71 Å². The van der Waals surface area contributed by atoms with Crippen molar-refractivity contribution in [2.75, 3.05) is 77.1 Å². The summed E-state index contributed by atoms with van der Waals surface area (Å²) in [5.41, 5.74) is 2.14. The van der Waals surface area contributed by atoms with Crippen molar-refractivity contribution < 1.29 is 81.7 Å². The number of ether oxygens (including phenoxy) is 4. The summed E-state index contributed by atoms with van der Waals surface area (Å²) in [7, 11) is -12.8. The normalized spacial score (nSPS) is 20.4. The van der Waals surface area contributed by atoms with Crippen molar-refractivity contribution in [3.8, 4) is 0 Å². The van der Waals surface area contributed by atoms with Crippen molar-refractivity contribution in [3.05, 3.63) is 70.9 Å². The Morgan fingerprint density at radius 2 is 1.33 bits per heavy atom. The van der Waals surface area contributed by atoms with Crippen LogP contribution in [-0.4, -0.2) is 144 Å². The first kappa shape index (κ1) is 55.5. The molecular weight excluding hydrogens is 963 g/mol. The lowest BCUT2D eigenvalue weighted by Crippen LogP contribution is -2.33. The Labute approximate surface area is 404 Å². The van der Waals surface area contributed by atoms with E-state index in [1.807, 2.05) is 42.4 Å². The molecule has 2 unspecified atom stereocenters. The van der Waals surface area contributed by atoms with Gasteiger partial charge in [-0.1, -0.05) is 0 Å². The number of anilines is 1. The maximum Gasteiger partial charge on any atom is 0.333 e. The molecule has 2 atom stereocenters. The van der Waals surface area contributed by atoms with E-state index in [0.29, 0.717) is 110 Å². The number of nitrogens with zero attached hydrogens (tertiary/aromatic N) is 3. The quantitative estimate of drug-likeness (QED) is 0.0503. The summed E-state index contributed by atoms with van der Waals surface area (Å²) < 4.78 is 133. The molecule has 0 aliphatic carbocycles. The van der Waals surface area contributed by atoms with E-state index in [1.165, 1.54) is 30.3 Å². The molecule has 0 radical (unpaired) electrons. The predicted octanol–water partition coefficient (Wildman–Crippen LogP) is 4.06. The Morgan fingerprint density at radius 3 is 1.91 bits per heavy atom. The maximum atomic E-state index is 12.6. The van der Waals surface area contributed by atoms with Crippen molar-refractivity contribution in [1.29, 1.82) is 0 Å². The van der Waals surface area contributed by atoms with Gasteiger partial charge in [-0.25, -0.2) is 30.0 Å². The van der Waals surface area contributed by atoms with Gasteiger partial charge in [-0.3, -0.25) is 9.59 Å². The third-order valence-electron chi connectivity index (χ3n) is 12.5. The molecule has 1 fully saturated rings. The van der Waals surface area contributed by atoms with E-state index in [1.54, 1.807) is 20.1 Å². The van der Waals surface area contributed by atoms with Crippen molar-refractivity contribution >= 4 is 65.2 Å². The van der Waals surface area contributed by atoms with Crippen LogP contribution in [0.15, 0.2) is 69.6 Å². The predicted molar refractivity (Wildman–Crippen MR) is 247 cm³/mol. The zero-order valence-electron chi connectivity index (χ0n) is 39.6. The van der Waals surface area contributed by atoms with Gasteiger partial charge in [-0.05, 0) is 107 Å². The molecule has 0 N–H and O–H groups in total. The SMILES string of the molecule is CCN1/C(=C/C(C)=C/C2=[N+](CCCCCC(=O)ON3C(=O)CCC3=O)c3ccc(S(=O)(=O)[O-])cc3C2(C)CCOCCOCCOCCOC)C(C)(CCCS(=O)(=O)[O-])c2cc(S(=O)(=O)[O-])ccc21. The molecule has 0 saturated carbocycles. The molecule has 0 aromatic heterocycles. The first-order valence-electron chi connectivity index (χ1n) is 22.7. The average Bonchev–Trinajstić information content (AvgIpc) is 3.80. The number of allylic oxidation sites excluding steroid dienone is 4. The number of hydroxylamine groups is 2. The monoisotopic (exact) mass is 1020 g/mol. The minimum absolute atomic E-state index is 0.0323. The second-order valence-electron chi connectivity index (χ2n) is 17.4. The number of hydrogen-bond acceptors (Lipinski definition) is 18. The third-order valence-corrected chi connectivity index (χ3v) is 14.9. The van der Waals surface area contributed by atoms with Gasteiger partial charge in [-0.15, -0.1) is 5.06 Å². The van der Waals surface area contributed by atoms with Gasteiger partial charge in [0.2, 0.25) is 5.69 Å². The Bertz CT molecular complexity index is 2650. The van der Waals surface area contributed by atoms with Crippen LogP contribution in [-0.2, 0) is 79.4 Å². The molecule has 23 heteroatoms. The molecule has 382 valence electrons. The topological polar surface area (TPSA) is 278 Å². The first-order chi connectivity index (χ1) is 32.4. The second-order valence-corrected chi connectivity index (χ2v) is 21.7. The number of carbonyl (C=O) groups excluding carboxylic acids is 3. The fourth-order valence-electron chi connectivity index (χ4n) is 8.97. The maximum absolute atomic E-state index is 12.6. The van der Waals surface area contributed by atoms with Gasteiger partial charge >= 0.3 is 5.97 Å². The number of rotatable bonds is 28. The molecule has 20 nitrogen and oxygen atoms in total. The highest BCUT2D eigenvalue weighted by Gasteiger charge is 2.48. The van der Waals surface area contributed by atoms with Crippen molar-refractivity contribution in [2.45, 2.75) is 106 Å². The highest BCUT2D eigenvalue weighted by atomic mass is 32.2. The van der Waals surface area contributed by atoms with Gasteiger partial charge in [0.25, 0.3) is 11.8 Å². The highest BCUT2D eigenvalue weighted by molar-refractivity contribution is 7.86. The molecule has 69 heavy (non-hydrogen) atoms. The first-order valence-corrected chi connectivity index (χ1v) is 27.1. The van der Waals surface area contributed by atoms with E-state index in [2.05, 4.69) is 0 Å². The van der Waals surface area contributed by atoms with E-state index in [4.69, 9.17) is 23.8 Å². The number of imide groups is 1. The number of amides is 2. The number of unbranched alkanes of at least 4 members (excludes halogenated alkanes) is 2. The van der Waals surface area contributed by atoms with Gasteiger partial charge in [0.05, 0.1) is 65.0 Å². The molecule has 3 aliphatic heterocycles. The molecule has 1 saturated heterocycles. The molecule has 3 aliphatic rings. The van der Waals surface area contributed by atoms with Gasteiger partial charge in [-0.2, -0.15) is 4.58 Å². The fourth-order valence-corrected chi connectivity index (χ4v) is 10.5. The summed E-state index contributed by atoms with van der Waals surface area (Å²) in [4.78, 5) is 42.6. The van der Waals surface area contributed by atoms with Gasteiger partial charge in [0, 0.05) is 86.2 Å². The van der Waals surface area contributed by atoms with Crippen LogP contribution >= 0.6 is 0 Å². The molecule has 2 amide bonds.